The van der Waals surface area contributed by atoms with Crippen LogP contribution in [0.5, 0.6) is 11.5 Å². The summed E-state index contributed by atoms with van der Waals surface area (Å²) in [5, 5.41) is 2.88. The van der Waals surface area contributed by atoms with E-state index in [0.717, 1.165) is 11.3 Å². The third-order valence-electron chi connectivity index (χ3n) is 4.55. The second-order valence-corrected chi connectivity index (χ2v) is 6.79. The molecule has 0 aliphatic carbocycles. The molecular weight excluding hydrogens is 356 g/mol. The van der Waals surface area contributed by atoms with Gasteiger partial charge in [-0.3, -0.25) is 4.79 Å². The van der Waals surface area contributed by atoms with Crippen LogP contribution in [0.2, 0.25) is 0 Å². The highest BCUT2D eigenvalue weighted by Crippen LogP contribution is 2.30. The molecule has 1 N–H and O–H groups in total. The first-order valence-corrected chi connectivity index (χ1v) is 9.34. The Morgan fingerprint density at radius 3 is 2.75 bits per heavy atom. The zero-order chi connectivity index (χ0) is 19.3. The highest BCUT2D eigenvalue weighted by atomic mass is 16.6. The van der Waals surface area contributed by atoms with Gasteiger partial charge < -0.3 is 19.2 Å². The first-order valence-electron chi connectivity index (χ1n) is 9.34. The molecule has 0 saturated heterocycles. The van der Waals surface area contributed by atoms with Gasteiger partial charge in [-0.1, -0.05) is 42.0 Å². The number of carbonyl (C=O) groups is 1. The van der Waals surface area contributed by atoms with Gasteiger partial charge in [0.25, 0.3) is 0 Å². The topological polar surface area (TPSA) is 73.6 Å². The van der Waals surface area contributed by atoms with E-state index in [9.17, 15) is 4.79 Å². The van der Waals surface area contributed by atoms with Gasteiger partial charge in [-0.25, -0.2) is 4.98 Å². The summed E-state index contributed by atoms with van der Waals surface area (Å²) in [6, 6.07) is 15.6. The molecule has 6 heteroatoms. The molecule has 2 heterocycles. The Kier molecular flexibility index (Phi) is 5.28. The van der Waals surface area contributed by atoms with Crippen LogP contribution in [0.15, 0.2) is 59.1 Å². The maximum Gasteiger partial charge on any atom is 0.220 e. The number of hydrogen-bond acceptors (Lipinski definition) is 5. The van der Waals surface area contributed by atoms with Crippen molar-refractivity contribution in [2.45, 2.75) is 25.9 Å². The average Bonchev–Trinajstić information content (AvgIpc) is 3.20. The molecule has 1 amide bonds. The average molecular weight is 378 g/mol. The first kappa shape index (κ1) is 18.1. The number of para-hydroxylation sites is 2. The summed E-state index contributed by atoms with van der Waals surface area (Å²) in [5.74, 6) is 2.63. The molecule has 1 aromatic heterocycles. The summed E-state index contributed by atoms with van der Waals surface area (Å²) in [4.78, 5) is 16.4. The third kappa shape index (κ3) is 4.34. The fourth-order valence-corrected chi connectivity index (χ4v) is 2.98. The molecule has 1 aliphatic heterocycles. The van der Waals surface area contributed by atoms with Crippen LogP contribution in [0.4, 0.5) is 0 Å². The standard InChI is InChI=1S/C22H22N2O4/c1-15-6-8-16(9-7-15)20-13-24-22(28-20)11-10-21(25)23-12-17-14-26-18-4-2-3-5-19(18)27-17/h2-9,13,17H,10-12,14H2,1H3,(H,23,25). The second-order valence-electron chi connectivity index (χ2n) is 6.79. The van der Waals surface area contributed by atoms with Crippen LogP contribution in [-0.2, 0) is 11.2 Å². The first-order chi connectivity index (χ1) is 13.7. The number of oxazole rings is 1. The van der Waals surface area contributed by atoms with Crippen LogP contribution in [0.3, 0.4) is 0 Å². The van der Waals surface area contributed by atoms with Crippen LogP contribution >= 0.6 is 0 Å². The second kappa shape index (κ2) is 8.17. The van der Waals surface area contributed by atoms with E-state index in [2.05, 4.69) is 10.3 Å². The summed E-state index contributed by atoms with van der Waals surface area (Å²) in [7, 11) is 0. The van der Waals surface area contributed by atoms with E-state index >= 15 is 0 Å². The SMILES string of the molecule is Cc1ccc(-c2cnc(CCC(=O)NCC3COc4ccccc4O3)o2)cc1. The number of nitrogens with zero attached hydrogens (tertiary/aromatic N) is 1. The maximum atomic E-state index is 12.1. The number of benzene rings is 2. The fraction of sp³-hybridized carbons (Fsp3) is 0.273. The number of amides is 1. The van der Waals surface area contributed by atoms with Gasteiger partial charge in [-0.15, -0.1) is 0 Å². The molecule has 6 nitrogen and oxygen atoms in total. The van der Waals surface area contributed by atoms with Crippen molar-refractivity contribution in [1.82, 2.24) is 10.3 Å². The normalized spacial score (nSPS) is 15.2. The maximum absolute atomic E-state index is 12.1. The number of aromatic nitrogens is 1. The van der Waals surface area contributed by atoms with Gasteiger partial charge in [0.2, 0.25) is 5.91 Å². The zero-order valence-electron chi connectivity index (χ0n) is 15.7. The van der Waals surface area contributed by atoms with Crippen molar-refractivity contribution < 1.29 is 18.7 Å². The molecule has 3 aromatic rings. The molecule has 28 heavy (non-hydrogen) atoms. The summed E-state index contributed by atoms with van der Waals surface area (Å²) < 4.78 is 17.2. The molecule has 2 aromatic carbocycles. The van der Waals surface area contributed by atoms with E-state index in [0.29, 0.717) is 43.4 Å². The third-order valence-corrected chi connectivity index (χ3v) is 4.55. The number of nitrogens with one attached hydrogen (secondary N) is 1. The van der Waals surface area contributed by atoms with Gasteiger partial charge in [-0.2, -0.15) is 0 Å². The molecule has 0 radical (unpaired) electrons. The van der Waals surface area contributed by atoms with Gasteiger partial charge in [0, 0.05) is 18.4 Å². The summed E-state index contributed by atoms with van der Waals surface area (Å²) in [5.41, 5.74) is 2.17. The molecule has 4 rings (SSSR count). The lowest BCUT2D eigenvalue weighted by Crippen LogP contribution is -2.40. The van der Waals surface area contributed by atoms with E-state index in [-0.39, 0.29) is 12.0 Å². The van der Waals surface area contributed by atoms with Crippen molar-refractivity contribution >= 4 is 5.91 Å². The van der Waals surface area contributed by atoms with Crippen LogP contribution in [0.25, 0.3) is 11.3 Å². The molecule has 0 spiro atoms. The minimum atomic E-state index is -0.200. The van der Waals surface area contributed by atoms with Gasteiger partial charge in [0.15, 0.2) is 23.1 Å². The van der Waals surface area contributed by atoms with E-state index < -0.39 is 0 Å². The minimum Gasteiger partial charge on any atom is -0.486 e. The Bertz CT molecular complexity index is 949. The lowest BCUT2D eigenvalue weighted by atomic mass is 10.1. The quantitative estimate of drug-likeness (QED) is 0.710. The van der Waals surface area contributed by atoms with Crippen LogP contribution in [0, 0.1) is 6.92 Å². The van der Waals surface area contributed by atoms with E-state index in [1.807, 2.05) is 55.5 Å². The van der Waals surface area contributed by atoms with Crippen molar-refractivity contribution in [2.24, 2.45) is 0 Å². The van der Waals surface area contributed by atoms with Crippen LogP contribution in [-0.4, -0.2) is 30.1 Å². The van der Waals surface area contributed by atoms with Crippen molar-refractivity contribution in [3.8, 4) is 22.8 Å². The molecule has 144 valence electrons. The summed E-state index contributed by atoms with van der Waals surface area (Å²) in [6.07, 6.45) is 2.25. The molecular formula is C22H22N2O4. The van der Waals surface area contributed by atoms with Crippen molar-refractivity contribution in [3.05, 3.63) is 66.2 Å². The Morgan fingerprint density at radius 1 is 1.14 bits per heavy atom. The molecule has 1 aliphatic rings. The van der Waals surface area contributed by atoms with Gasteiger partial charge in [-0.05, 0) is 19.1 Å². The zero-order valence-corrected chi connectivity index (χ0v) is 15.7. The Hall–Kier alpha value is -3.28. The van der Waals surface area contributed by atoms with Crippen molar-refractivity contribution in [1.29, 1.82) is 0 Å². The number of aryl methyl sites for hydroxylation is 2. The smallest absolute Gasteiger partial charge is 0.220 e. The largest absolute Gasteiger partial charge is 0.486 e. The van der Waals surface area contributed by atoms with E-state index in [1.54, 1.807) is 6.20 Å². The fourth-order valence-electron chi connectivity index (χ4n) is 2.98. The molecule has 1 unspecified atom stereocenters. The predicted octanol–water partition coefficient (Wildman–Crippen LogP) is 3.54. The highest BCUT2D eigenvalue weighted by Gasteiger charge is 2.21. The number of carbonyl (C=O) groups excluding carboxylic acids is 1. The minimum absolute atomic E-state index is 0.0717. The van der Waals surface area contributed by atoms with Crippen LogP contribution in [0.1, 0.15) is 17.9 Å². The predicted molar refractivity (Wildman–Crippen MR) is 104 cm³/mol. The van der Waals surface area contributed by atoms with Crippen LogP contribution < -0.4 is 14.8 Å². The summed E-state index contributed by atoms with van der Waals surface area (Å²) >= 11 is 0. The van der Waals surface area contributed by atoms with E-state index in [4.69, 9.17) is 13.9 Å². The Labute approximate surface area is 163 Å². The summed E-state index contributed by atoms with van der Waals surface area (Å²) in [6.45, 7) is 2.85. The van der Waals surface area contributed by atoms with Crippen molar-refractivity contribution in [2.75, 3.05) is 13.2 Å². The van der Waals surface area contributed by atoms with Crippen molar-refractivity contribution in [3.63, 3.8) is 0 Å². The monoisotopic (exact) mass is 378 g/mol. The molecule has 0 saturated carbocycles. The Morgan fingerprint density at radius 2 is 1.93 bits per heavy atom. The lowest BCUT2D eigenvalue weighted by molar-refractivity contribution is -0.121. The molecule has 0 bridgehead atoms. The molecule has 1 atom stereocenters. The molecule has 0 fully saturated rings. The number of fused-ring (bicyclic) bond motifs is 1. The van der Waals surface area contributed by atoms with Gasteiger partial charge in [0.05, 0.1) is 12.7 Å². The number of ether oxygens (including phenoxy) is 2. The number of rotatable bonds is 6. The lowest BCUT2D eigenvalue weighted by Gasteiger charge is -2.26. The highest BCUT2D eigenvalue weighted by molar-refractivity contribution is 5.76. The number of hydrogen-bond donors (Lipinski definition) is 1. The Balaban J connectivity index is 1.24. The van der Waals surface area contributed by atoms with E-state index in [1.165, 1.54) is 5.56 Å². The van der Waals surface area contributed by atoms with Gasteiger partial charge in [0.1, 0.15) is 12.7 Å². The van der Waals surface area contributed by atoms with Gasteiger partial charge >= 0.3 is 0 Å².